The van der Waals surface area contributed by atoms with Gasteiger partial charge in [0.15, 0.2) is 5.65 Å². The molecule has 0 spiro atoms. The van der Waals surface area contributed by atoms with Crippen LogP contribution in [0.1, 0.15) is 30.7 Å². The van der Waals surface area contributed by atoms with Crippen LogP contribution in [0.5, 0.6) is 0 Å². The lowest BCUT2D eigenvalue weighted by atomic mass is 10.2. The molecule has 0 saturated heterocycles. The number of hydrogen-bond acceptors (Lipinski definition) is 3. The summed E-state index contributed by atoms with van der Waals surface area (Å²) < 4.78 is 0. The van der Waals surface area contributed by atoms with Crippen molar-refractivity contribution in [1.82, 2.24) is 15.0 Å². The van der Waals surface area contributed by atoms with E-state index in [1.54, 1.807) is 0 Å². The fourth-order valence-corrected chi connectivity index (χ4v) is 1.79. The van der Waals surface area contributed by atoms with Gasteiger partial charge < -0.3 is 10.7 Å². The van der Waals surface area contributed by atoms with Gasteiger partial charge in [0.2, 0.25) is 0 Å². The lowest BCUT2D eigenvalue weighted by molar-refractivity contribution is 0.673. The molecule has 2 rings (SSSR count). The van der Waals surface area contributed by atoms with Crippen LogP contribution in [0, 0.1) is 6.92 Å². The van der Waals surface area contributed by atoms with Crippen LogP contribution in [0.25, 0.3) is 11.2 Å². The number of hydrogen-bond donors (Lipinski definition) is 2. The fraction of sp³-hybridized carbons (Fsp3) is 0.500. The summed E-state index contributed by atoms with van der Waals surface area (Å²) in [6.07, 6.45) is 6.23. The lowest BCUT2D eigenvalue weighted by Crippen LogP contribution is -1.98. The molecule has 0 unspecified atom stereocenters. The zero-order valence-electron chi connectivity index (χ0n) is 9.66. The standard InChI is InChI=1S/C12H18N4/c1-9-7-10-12(14-8-9)16-11(15-10)5-3-2-4-6-13/h7-8H,2-6,13H2,1H3,(H,14,15,16). The molecule has 2 heterocycles. The van der Waals surface area contributed by atoms with Crippen molar-refractivity contribution < 1.29 is 0 Å². The summed E-state index contributed by atoms with van der Waals surface area (Å²) in [7, 11) is 0. The van der Waals surface area contributed by atoms with Gasteiger partial charge >= 0.3 is 0 Å². The lowest BCUT2D eigenvalue weighted by Gasteiger charge is -1.95. The largest absolute Gasteiger partial charge is 0.341 e. The normalized spacial score (nSPS) is 11.1. The average molecular weight is 218 g/mol. The smallest absolute Gasteiger partial charge is 0.177 e. The van der Waals surface area contributed by atoms with Gasteiger partial charge in [0.25, 0.3) is 0 Å². The van der Waals surface area contributed by atoms with Gasteiger partial charge in [0.05, 0.1) is 5.52 Å². The Balaban J connectivity index is 2.02. The Hall–Kier alpha value is -1.42. The van der Waals surface area contributed by atoms with Crippen LogP contribution in [0.2, 0.25) is 0 Å². The molecule has 0 aliphatic carbocycles. The van der Waals surface area contributed by atoms with Crippen molar-refractivity contribution in [3.05, 3.63) is 23.7 Å². The fourth-order valence-electron chi connectivity index (χ4n) is 1.79. The van der Waals surface area contributed by atoms with Crippen LogP contribution >= 0.6 is 0 Å². The molecular formula is C12H18N4. The number of rotatable bonds is 5. The highest BCUT2D eigenvalue weighted by Crippen LogP contribution is 2.11. The molecule has 86 valence electrons. The highest BCUT2D eigenvalue weighted by molar-refractivity contribution is 5.70. The summed E-state index contributed by atoms with van der Waals surface area (Å²) in [5.74, 6) is 1.03. The van der Waals surface area contributed by atoms with Crippen molar-refractivity contribution in [2.45, 2.75) is 32.6 Å². The van der Waals surface area contributed by atoms with Gasteiger partial charge in [-0.3, -0.25) is 0 Å². The molecule has 0 saturated carbocycles. The summed E-state index contributed by atoms with van der Waals surface area (Å²) in [6.45, 7) is 2.81. The number of H-pyrrole nitrogens is 1. The van der Waals surface area contributed by atoms with Crippen LogP contribution in [0.4, 0.5) is 0 Å². The van der Waals surface area contributed by atoms with E-state index in [-0.39, 0.29) is 0 Å². The number of nitrogens with zero attached hydrogens (tertiary/aromatic N) is 2. The molecule has 0 bridgehead atoms. The molecule has 2 aromatic rings. The van der Waals surface area contributed by atoms with Gasteiger partial charge in [-0.25, -0.2) is 9.97 Å². The Bertz CT molecular complexity index is 461. The highest BCUT2D eigenvalue weighted by atomic mass is 15.0. The van der Waals surface area contributed by atoms with Crippen LogP contribution in [0.3, 0.4) is 0 Å². The van der Waals surface area contributed by atoms with Gasteiger partial charge in [0.1, 0.15) is 5.82 Å². The van der Waals surface area contributed by atoms with Gasteiger partial charge in [-0.05, 0) is 37.9 Å². The minimum Gasteiger partial charge on any atom is -0.341 e. The first kappa shape index (κ1) is 11.1. The third kappa shape index (κ3) is 2.58. The van der Waals surface area contributed by atoms with Crippen LogP contribution in [-0.2, 0) is 6.42 Å². The number of aryl methyl sites for hydroxylation is 2. The first-order chi connectivity index (χ1) is 7.79. The maximum Gasteiger partial charge on any atom is 0.177 e. The second-order valence-corrected chi connectivity index (χ2v) is 4.17. The number of nitrogens with one attached hydrogen (secondary N) is 1. The quantitative estimate of drug-likeness (QED) is 0.753. The molecule has 3 N–H and O–H groups in total. The maximum absolute atomic E-state index is 5.45. The van der Waals surface area contributed by atoms with E-state index in [0.717, 1.165) is 48.4 Å². The van der Waals surface area contributed by atoms with Gasteiger partial charge in [0, 0.05) is 12.6 Å². The number of pyridine rings is 1. The molecular weight excluding hydrogens is 200 g/mol. The molecule has 16 heavy (non-hydrogen) atoms. The molecule has 0 aliphatic heterocycles. The minimum atomic E-state index is 0.779. The molecule has 0 atom stereocenters. The van der Waals surface area contributed by atoms with Crippen molar-refractivity contribution in [2.24, 2.45) is 5.73 Å². The molecule has 0 fully saturated rings. The molecule has 0 aliphatic rings. The third-order valence-corrected chi connectivity index (χ3v) is 2.64. The third-order valence-electron chi connectivity index (χ3n) is 2.64. The molecule has 4 heteroatoms. The number of aromatic nitrogens is 3. The van der Waals surface area contributed by atoms with Crippen LogP contribution < -0.4 is 5.73 Å². The Kier molecular flexibility index (Phi) is 3.51. The monoisotopic (exact) mass is 218 g/mol. The molecule has 0 amide bonds. The molecule has 0 radical (unpaired) electrons. The first-order valence-electron chi connectivity index (χ1n) is 5.81. The zero-order valence-corrected chi connectivity index (χ0v) is 9.66. The first-order valence-corrected chi connectivity index (χ1v) is 5.81. The van der Waals surface area contributed by atoms with E-state index in [2.05, 4.69) is 21.0 Å². The maximum atomic E-state index is 5.45. The van der Waals surface area contributed by atoms with E-state index in [1.165, 1.54) is 6.42 Å². The number of imidazole rings is 1. The number of aromatic amines is 1. The van der Waals surface area contributed by atoms with Gasteiger partial charge in [-0.15, -0.1) is 0 Å². The van der Waals surface area contributed by atoms with E-state index in [4.69, 9.17) is 5.73 Å². The predicted molar refractivity (Wildman–Crippen MR) is 65.2 cm³/mol. The predicted octanol–water partition coefficient (Wildman–Crippen LogP) is 1.94. The second-order valence-electron chi connectivity index (χ2n) is 4.17. The van der Waals surface area contributed by atoms with Gasteiger partial charge in [-0.1, -0.05) is 6.42 Å². The second kappa shape index (κ2) is 5.07. The summed E-state index contributed by atoms with van der Waals surface area (Å²) in [4.78, 5) is 12.0. The van der Waals surface area contributed by atoms with Crippen molar-refractivity contribution in [2.75, 3.05) is 6.54 Å². The minimum absolute atomic E-state index is 0.779. The summed E-state index contributed by atoms with van der Waals surface area (Å²) >= 11 is 0. The van der Waals surface area contributed by atoms with Crippen LogP contribution in [-0.4, -0.2) is 21.5 Å². The average Bonchev–Trinajstić information content (AvgIpc) is 2.66. The number of fused-ring (bicyclic) bond motifs is 1. The number of unbranched alkanes of at least 4 members (excludes halogenated alkanes) is 2. The van der Waals surface area contributed by atoms with Crippen molar-refractivity contribution in [3.8, 4) is 0 Å². The molecule has 0 aromatic carbocycles. The van der Waals surface area contributed by atoms with E-state index in [0.29, 0.717) is 0 Å². The SMILES string of the molecule is Cc1cnc2nc(CCCCCN)[nH]c2c1. The van der Waals surface area contributed by atoms with E-state index in [9.17, 15) is 0 Å². The molecule has 2 aromatic heterocycles. The highest BCUT2D eigenvalue weighted by Gasteiger charge is 2.03. The summed E-state index contributed by atoms with van der Waals surface area (Å²) in [5.41, 5.74) is 8.47. The van der Waals surface area contributed by atoms with Crippen molar-refractivity contribution in [1.29, 1.82) is 0 Å². The zero-order chi connectivity index (χ0) is 11.4. The number of nitrogens with two attached hydrogens (primary N) is 1. The van der Waals surface area contributed by atoms with E-state index in [1.807, 2.05) is 13.1 Å². The van der Waals surface area contributed by atoms with Crippen LogP contribution in [0.15, 0.2) is 12.3 Å². The summed E-state index contributed by atoms with van der Waals surface area (Å²) in [6, 6.07) is 2.08. The Morgan fingerprint density at radius 1 is 1.31 bits per heavy atom. The summed E-state index contributed by atoms with van der Waals surface area (Å²) in [5, 5.41) is 0. The van der Waals surface area contributed by atoms with E-state index >= 15 is 0 Å². The Morgan fingerprint density at radius 2 is 2.19 bits per heavy atom. The Labute approximate surface area is 95.3 Å². The molecule has 4 nitrogen and oxygen atoms in total. The van der Waals surface area contributed by atoms with Crippen molar-refractivity contribution in [3.63, 3.8) is 0 Å². The topological polar surface area (TPSA) is 67.6 Å². The van der Waals surface area contributed by atoms with Gasteiger partial charge in [-0.2, -0.15) is 0 Å². The Morgan fingerprint density at radius 3 is 3.00 bits per heavy atom. The van der Waals surface area contributed by atoms with Crippen molar-refractivity contribution >= 4 is 11.2 Å². The van der Waals surface area contributed by atoms with E-state index < -0.39 is 0 Å².